The number of nitrogens with zero attached hydrogens (tertiary/aromatic N) is 3. The van der Waals surface area contributed by atoms with Crippen LogP contribution in [-0.4, -0.2) is 14.5 Å². The van der Waals surface area contributed by atoms with Gasteiger partial charge in [-0.05, 0) is 39.8 Å². The quantitative estimate of drug-likeness (QED) is 0.840. The SMILES string of the molecule is Cn1ccnc1Sc1ncccc1Br. The van der Waals surface area contributed by atoms with Gasteiger partial charge in [0.1, 0.15) is 5.03 Å². The lowest BCUT2D eigenvalue weighted by molar-refractivity contribution is 0.788. The zero-order valence-corrected chi connectivity index (χ0v) is 9.92. The van der Waals surface area contributed by atoms with Crippen molar-refractivity contribution in [2.45, 2.75) is 10.2 Å². The summed E-state index contributed by atoms with van der Waals surface area (Å²) in [6.07, 6.45) is 5.47. The summed E-state index contributed by atoms with van der Waals surface area (Å²) in [7, 11) is 1.96. The first-order valence-electron chi connectivity index (χ1n) is 4.03. The summed E-state index contributed by atoms with van der Waals surface area (Å²) in [6.45, 7) is 0. The van der Waals surface area contributed by atoms with Gasteiger partial charge in [-0.15, -0.1) is 0 Å². The van der Waals surface area contributed by atoms with Gasteiger partial charge in [-0.25, -0.2) is 9.97 Å². The molecule has 2 aromatic heterocycles. The molecule has 2 rings (SSSR count). The maximum Gasteiger partial charge on any atom is 0.174 e. The van der Waals surface area contributed by atoms with Crippen LogP contribution in [0.3, 0.4) is 0 Å². The van der Waals surface area contributed by atoms with Crippen molar-refractivity contribution in [3.63, 3.8) is 0 Å². The van der Waals surface area contributed by atoms with Crippen LogP contribution in [0, 0.1) is 0 Å². The average molecular weight is 270 g/mol. The van der Waals surface area contributed by atoms with Gasteiger partial charge in [0.05, 0.1) is 4.47 Å². The first-order chi connectivity index (χ1) is 6.77. The summed E-state index contributed by atoms with van der Waals surface area (Å²) in [5.41, 5.74) is 0. The van der Waals surface area contributed by atoms with Crippen LogP contribution in [0.5, 0.6) is 0 Å². The van der Waals surface area contributed by atoms with E-state index in [2.05, 4.69) is 25.9 Å². The van der Waals surface area contributed by atoms with E-state index in [-0.39, 0.29) is 0 Å². The lowest BCUT2D eigenvalue weighted by Gasteiger charge is -2.01. The Balaban J connectivity index is 2.28. The first kappa shape index (κ1) is 9.73. The van der Waals surface area contributed by atoms with E-state index in [0.29, 0.717) is 0 Å². The minimum absolute atomic E-state index is 0.932. The van der Waals surface area contributed by atoms with E-state index in [1.807, 2.05) is 29.9 Å². The molecule has 0 N–H and O–H groups in total. The third-order valence-corrected chi connectivity index (χ3v) is 3.69. The normalized spacial score (nSPS) is 10.4. The molecule has 5 heteroatoms. The van der Waals surface area contributed by atoms with Crippen molar-refractivity contribution in [2.24, 2.45) is 7.05 Å². The number of aromatic nitrogens is 3. The van der Waals surface area contributed by atoms with Gasteiger partial charge in [-0.2, -0.15) is 0 Å². The van der Waals surface area contributed by atoms with Gasteiger partial charge in [-0.3, -0.25) is 0 Å². The van der Waals surface area contributed by atoms with Crippen molar-refractivity contribution in [3.8, 4) is 0 Å². The topological polar surface area (TPSA) is 30.7 Å². The number of rotatable bonds is 2. The van der Waals surface area contributed by atoms with E-state index in [0.717, 1.165) is 14.7 Å². The highest BCUT2D eigenvalue weighted by Crippen LogP contribution is 2.29. The molecule has 2 aromatic rings. The van der Waals surface area contributed by atoms with E-state index in [1.165, 1.54) is 0 Å². The van der Waals surface area contributed by atoms with Crippen LogP contribution in [0.25, 0.3) is 0 Å². The number of pyridine rings is 1. The van der Waals surface area contributed by atoms with Gasteiger partial charge >= 0.3 is 0 Å². The number of imidazole rings is 1. The van der Waals surface area contributed by atoms with E-state index >= 15 is 0 Å². The fraction of sp³-hybridized carbons (Fsp3) is 0.111. The fourth-order valence-electron chi connectivity index (χ4n) is 0.983. The molecule has 0 spiro atoms. The van der Waals surface area contributed by atoms with Crippen molar-refractivity contribution in [3.05, 3.63) is 35.2 Å². The van der Waals surface area contributed by atoms with Crippen LogP contribution in [-0.2, 0) is 7.05 Å². The van der Waals surface area contributed by atoms with Crippen LogP contribution in [0.4, 0.5) is 0 Å². The monoisotopic (exact) mass is 269 g/mol. The molecule has 0 bridgehead atoms. The van der Waals surface area contributed by atoms with Gasteiger partial charge in [0.15, 0.2) is 5.16 Å². The zero-order chi connectivity index (χ0) is 9.97. The summed E-state index contributed by atoms with van der Waals surface area (Å²) in [5, 5.41) is 1.87. The largest absolute Gasteiger partial charge is 0.329 e. The third-order valence-electron chi connectivity index (χ3n) is 1.69. The second-order valence-electron chi connectivity index (χ2n) is 2.71. The molecule has 0 atom stereocenters. The number of hydrogen-bond acceptors (Lipinski definition) is 3. The van der Waals surface area contributed by atoms with Crippen molar-refractivity contribution >= 4 is 27.7 Å². The molecule has 0 fully saturated rings. The van der Waals surface area contributed by atoms with Gasteiger partial charge in [0.25, 0.3) is 0 Å². The van der Waals surface area contributed by atoms with Crippen LogP contribution in [0.1, 0.15) is 0 Å². The highest BCUT2D eigenvalue weighted by Gasteiger charge is 2.06. The molecule has 14 heavy (non-hydrogen) atoms. The average Bonchev–Trinajstić information content (AvgIpc) is 2.56. The minimum Gasteiger partial charge on any atom is -0.329 e. The standard InChI is InChI=1S/C9H8BrN3S/c1-13-6-5-12-9(13)14-8-7(10)3-2-4-11-8/h2-6H,1H3. The van der Waals surface area contributed by atoms with Crippen LogP contribution in [0.15, 0.2) is 45.4 Å². The second kappa shape index (κ2) is 4.14. The molecular formula is C9H8BrN3S. The smallest absolute Gasteiger partial charge is 0.174 e. The molecule has 72 valence electrons. The highest BCUT2D eigenvalue weighted by molar-refractivity contribution is 9.10. The highest BCUT2D eigenvalue weighted by atomic mass is 79.9. The summed E-state index contributed by atoms with van der Waals surface area (Å²) in [6, 6.07) is 3.87. The molecule has 0 saturated heterocycles. The van der Waals surface area contributed by atoms with Crippen LogP contribution < -0.4 is 0 Å². The second-order valence-corrected chi connectivity index (χ2v) is 4.52. The lowest BCUT2D eigenvalue weighted by atomic mass is 10.5. The molecule has 0 aliphatic carbocycles. The third kappa shape index (κ3) is 1.99. The van der Waals surface area contributed by atoms with Gasteiger partial charge in [0, 0.05) is 25.6 Å². The molecule has 0 amide bonds. The molecule has 3 nitrogen and oxygen atoms in total. The number of halogens is 1. The maximum absolute atomic E-state index is 4.26. The molecule has 0 aliphatic rings. The maximum atomic E-state index is 4.26. The van der Waals surface area contributed by atoms with Crippen LogP contribution >= 0.6 is 27.7 Å². The van der Waals surface area contributed by atoms with E-state index < -0.39 is 0 Å². The Morgan fingerprint density at radius 1 is 1.36 bits per heavy atom. The van der Waals surface area contributed by atoms with Gasteiger partial charge in [-0.1, -0.05) is 0 Å². The van der Waals surface area contributed by atoms with Crippen molar-refractivity contribution in [1.29, 1.82) is 0 Å². The van der Waals surface area contributed by atoms with E-state index in [1.54, 1.807) is 24.2 Å². The summed E-state index contributed by atoms with van der Waals surface area (Å²) >= 11 is 4.99. The Morgan fingerprint density at radius 2 is 2.21 bits per heavy atom. The zero-order valence-electron chi connectivity index (χ0n) is 7.51. The Hall–Kier alpha value is -0.810. The summed E-state index contributed by atoms with van der Waals surface area (Å²) < 4.78 is 2.96. The Labute approximate surface area is 94.7 Å². The predicted octanol–water partition coefficient (Wildman–Crippen LogP) is 2.73. The summed E-state index contributed by atoms with van der Waals surface area (Å²) in [5.74, 6) is 0. The van der Waals surface area contributed by atoms with E-state index in [4.69, 9.17) is 0 Å². The minimum atomic E-state index is 0.932. The lowest BCUT2D eigenvalue weighted by Crippen LogP contribution is -1.89. The molecule has 0 radical (unpaired) electrons. The molecule has 2 heterocycles. The van der Waals surface area contributed by atoms with Crippen molar-refractivity contribution in [2.75, 3.05) is 0 Å². The molecule has 0 aliphatic heterocycles. The van der Waals surface area contributed by atoms with Gasteiger partial charge in [0.2, 0.25) is 0 Å². The predicted molar refractivity (Wildman–Crippen MR) is 59.3 cm³/mol. The molecule has 0 saturated carbocycles. The first-order valence-corrected chi connectivity index (χ1v) is 5.64. The molecule has 0 unspecified atom stereocenters. The Bertz CT molecular complexity index is 441. The van der Waals surface area contributed by atoms with Gasteiger partial charge < -0.3 is 4.57 Å². The Morgan fingerprint density at radius 3 is 2.86 bits per heavy atom. The fourth-order valence-corrected chi connectivity index (χ4v) is 2.25. The summed E-state index contributed by atoms with van der Waals surface area (Å²) in [4.78, 5) is 8.47. The number of hydrogen-bond donors (Lipinski definition) is 0. The van der Waals surface area contributed by atoms with E-state index in [9.17, 15) is 0 Å². The number of aryl methyl sites for hydroxylation is 1. The van der Waals surface area contributed by atoms with Crippen molar-refractivity contribution < 1.29 is 0 Å². The molecule has 0 aromatic carbocycles. The van der Waals surface area contributed by atoms with Crippen LogP contribution in [0.2, 0.25) is 0 Å². The Kier molecular flexibility index (Phi) is 2.88. The molecular weight excluding hydrogens is 262 g/mol. The van der Waals surface area contributed by atoms with Crippen molar-refractivity contribution in [1.82, 2.24) is 14.5 Å².